The summed E-state index contributed by atoms with van der Waals surface area (Å²) in [5.74, 6) is 1.21. The normalized spacial score (nSPS) is 12.4. The molecule has 3 radical (unpaired) electrons. The van der Waals surface area contributed by atoms with Crippen molar-refractivity contribution in [3.63, 3.8) is 0 Å². The standard InChI is InChI=1S/C20H31O6Si2/c1-13(2)11-12-25-20(21)18(24-5)16(22-3)14-9-10-15(26-28(6,7)8)19(27)17(14)23-4/h9-10,13H,11-12H2,1-8H3. The lowest BCUT2D eigenvalue weighted by atomic mass is 10.1. The van der Waals surface area contributed by atoms with E-state index in [0.717, 1.165) is 6.42 Å². The van der Waals surface area contributed by atoms with E-state index in [4.69, 9.17) is 23.4 Å². The van der Waals surface area contributed by atoms with Crippen molar-refractivity contribution in [2.75, 3.05) is 27.9 Å². The molecule has 0 atom stereocenters. The fraction of sp³-hybridized carbons (Fsp3) is 0.550. The quantitative estimate of drug-likeness (QED) is 0.249. The number of carbonyl (C=O) groups excluding carboxylic acids is 1. The van der Waals surface area contributed by atoms with Crippen LogP contribution in [-0.2, 0) is 19.0 Å². The minimum Gasteiger partial charge on any atom is -0.544 e. The molecular formula is C20H31O6Si2. The summed E-state index contributed by atoms with van der Waals surface area (Å²) in [5.41, 5.74) is 0.551. The summed E-state index contributed by atoms with van der Waals surface area (Å²) in [4.78, 5) is 12.5. The molecule has 28 heavy (non-hydrogen) atoms. The monoisotopic (exact) mass is 423 g/mol. The van der Waals surface area contributed by atoms with Crippen LogP contribution in [0, 0.1) is 5.92 Å². The molecule has 0 aliphatic heterocycles. The van der Waals surface area contributed by atoms with E-state index in [9.17, 15) is 4.79 Å². The number of benzene rings is 1. The maximum absolute atomic E-state index is 12.5. The molecule has 0 bridgehead atoms. The van der Waals surface area contributed by atoms with Gasteiger partial charge in [0.25, 0.3) is 0 Å². The van der Waals surface area contributed by atoms with Gasteiger partial charge in [-0.2, -0.15) is 0 Å². The summed E-state index contributed by atoms with van der Waals surface area (Å²) in [5, 5.41) is 0.639. The van der Waals surface area contributed by atoms with Crippen LogP contribution in [0.3, 0.4) is 0 Å². The summed E-state index contributed by atoms with van der Waals surface area (Å²) in [7, 11) is 6.20. The van der Waals surface area contributed by atoms with Gasteiger partial charge in [-0.15, -0.1) is 0 Å². The largest absolute Gasteiger partial charge is 0.544 e. The Morgan fingerprint density at radius 1 is 1.11 bits per heavy atom. The van der Waals surface area contributed by atoms with Crippen molar-refractivity contribution in [3.8, 4) is 11.5 Å². The van der Waals surface area contributed by atoms with Crippen LogP contribution in [-0.4, -0.2) is 52.5 Å². The van der Waals surface area contributed by atoms with Crippen LogP contribution in [0.15, 0.2) is 17.9 Å². The summed E-state index contributed by atoms with van der Waals surface area (Å²) in [6.45, 7) is 10.7. The van der Waals surface area contributed by atoms with E-state index in [1.807, 2.05) is 6.07 Å². The molecule has 0 aliphatic rings. The Kier molecular flexibility index (Phi) is 9.09. The Morgan fingerprint density at radius 3 is 2.21 bits per heavy atom. The topological polar surface area (TPSA) is 63.2 Å². The van der Waals surface area contributed by atoms with Gasteiger partial charge in [0.2, 0.25) is 14.1 Å². The van der Waals surface area contributed by atoms with Crippen LogP contribution in [0.1, 0.15) is 25.8 Å². The highest BCUT2D eigenvalue weighted by Crippen LogP contribution is 2.31. The minimum absolute atomic E-state index is 0.0190. The van der Waals surface area contributed by atoms with Crippen molar-refractivity contribution in [1.82, 2.24) is 0 Å². The number of hydrogen-bond donors (Lipinski definition) is 0. The highest BCUT2D eigenvalue weighted by molar-refractivity contribution is 6.70. The van der Waals surface area contributed by atoms with E-state index in [1.54, 1.807) is 13.2 Å². The molecule has 0 aliphatic carbocycles. The predicted octanol–water partition coefficient (Wildman–Crippen LogP) is 3.25. The van der Waals surface area contributed by atoms with E-state index in [1.165, 1.54) is 14.2 Å². The number of rotatable bonds is 10. The lowest BCUT2D eigenvalue weighted by Crippen LogP contribution is -2.32. The van der Waals surface area contributed by atoms with Gasteiger partial charge < -0.3 is 23.4 Å². The van der Waals surface area contributed by atoms with Crippen molar-refractivity contribution in [3.05, 3.63) is 23.5 Å². The van der Waals surface area contributed by atoms with Crippen LogP contribution in [0.25, 0.3) is 5.76 Å². The molecule has 0 amide bonds. The molecule has 155 valence electrons. The van der Waals surface area contributed by atoms with Gasteiger partial charge in [0.05, 0.1) is 43.7 Å². The van der Waals surface area contributed by atoms with Crippen LogP contribution in [0.2, 0.25) is 19.6 Å². The summed E-state index contributed by atoms with van der Waals surface area (Å²) in [6.07, 6.45) is 0.766. The van der Waals surface area contributed by atoms with Gasteiger partial charge in [-0.1, -0.05) is 13.8 Å². The van der Waals surface area contributed by atoms with Gasteiger partial charge in [0.15, 0.2) is 5.76 Å². The number of carbonyl (C=O) groups is 1. The third-order valence-electron chi connectivity index (χ3n) is 3.71. The molecule has 0 N–H and O–H groups in total. The Hall–Kier alpha value is -1.94. The second kappa shape index (κ2) is 10.6. The molecule has 0 aromatic heterocycles. The fourth-order valence-corrected chi connectivity index (χ4v) is 3.72. The van der Waals surface area contributed by atoms with E-state index >= 15 is 0 Å². The van der Waals surface area contributed by atoms with E-state index in [2.05, 4.69) is 43.7 Å². The van der Waals surface area contributed by atoms with Crippen molar-refractivity contribution in [2.24, 2.45) is 5.92 Å². The lowest BCUT2D eigenvalue weighted by molar-refractivity contribution is -0.142. The average Bonchev–Trinajstić information content (AvgIpc) is 2.59. The smallest absolute Gasteiger partial charge is 0.377 e. The first-order valence-electron chi connectivity index (χ1n) is 9.17. The molecule has 1 aromatic carbocycles. The summed E-state index contributed by atoms with van der Waals surface area (Å²) < 4.78 is 27.8. The average molecular weight is 424 g/mol. The molecule has 0 spiro atoms. The molecule has 0 unspecified atom stereocenters. The first kappa shape index (κ1) is 24.1. The van der Waals surface area contributed by atoms with Crippen molar-refractivity contribution in [2.45, 2.75) is 39.9 Å². The highest BCUT2D eigenvalue weighted by atomic mass is 28.4. The number of methoxy groups -OCH3 is 3. The fourth-order valence-electron chi connectivity index (χ4n) is 2.42. The van der Waals surface area contributed by atoms with E-state index in [0.29, 0.717) is 34.8 Å². The molecule has 0 saturated heterocycles. The maximum Gasteiger partial charge on any atom is 0.377 e. The molecule has 8 heteroatoms. The van der Waals surface area contributed by atoms with Crippen molar-refractivity contribution < 1.29 is 28.2 Å². The van der Waals surface area contributed by atoms with Gasteiger partial charge in [-0.25, -0.2) is 4.79 Å². The number of esters is 1. The van der Waals surface area contributed by atoms with Gasteiger partial charge in [-0.3, -0.25) is 0 Å². The van der Waals surface area contributed by atoms with Crippen LogP contribution in [0.4, 0.5) is 0 Å². The Balaban J connectivity index is 3.36. The molecular weight excluding hydrogens is 392 g/mol. The van der Waals surface area contributed by atoms with Gasteiger partial charge >= 0.3 is 5.97 Å². The zero-order valence-electron chi connectivity index (χ0n) is 18.1. The minimum atomic E-state index is -1.82. The predicted molar refractivity (Wildman–Crippen MR) is 114 cm³/mol. The third-order valence-corrected chi connectivity index (χ3v) is 5.02. The summed E-state index contributed by atoms with van der Waals surface area (Å²) >= 11 is 0. The van der Waals surface area contributed by atoms with Crippen LogP contribution >= 0.6 is 0 Å². The molecule has 0 fully saturated rings. The zero-order chi connectivity index (χ0) is 21.5. The highest BCUT2D eigenvalue weighted by Gasteiger charge is 2.26. The first-order chi connectivity index (χ1) is 13.1. The Labute approximate surface area is 172 Å². The lowest BCUT2D eigenvalue weighted by Gasteiger charge is -2.23. The summed E-state index contributed by atoms with van der Waals surface area (Å²) in [6, 6.07) is 3.59. The maximum atomic E-state index is 12.5. The molecule has 0 saturated carbocycles. The van der Waals surface area contributed by atoms with Crippen molar-refractivity contribution in [1.29, 1.82) is 0 Å². The van der Waals surface area contributed by atoms with Crippen LogP contribution in [0.5, 0.6) is 11.5 Å². The van der Waals surface area contributed by atoms with Gasteiger partial charge in [0.1, 0.15) is 11.5 Å². The van der Waals surface area contributed by atoms with Crippen molar-refractivity contribution >= 4 is 35.5 Å². The Bertz CT molecular complexity index is 707. The Morgan fingerprint density at radius 2 is 1.75 bits per heavy atom. The zero-order valence-corrected chi connectivity index (χ0v) is 20.1. The third kappa shape index (κ3) is 6.59. The molecule has 0 heterocycles. The van der Waals surface area contributed by atoms with E-state index < -0.39 is 14.3 Å². The second-order valence-electron chi connectivity index (χ2n) is 7.62. The van der Waals surface area contributed by atoms with Gasteiger partial charge in [0, 0.05) is 5.19 Å². The SMILES string of the molecule is COC(C(=O)OCCC(C)C)=C(OC)c1ccc(O[Si](C)(C)C)c([Si])c1OC. The molecule has 1 aromatic rings. The number of ether oxygens (including phenoxy) is 4. The van der Waals surface area contributed by atoms with E-state index in [-0.39, 0.29) is 11.5 Å². The van der Waals surface area contributed by atoms with Crippen LogP contribution < -0.4 is 14.3 Å². The number of hydrogen-bond acceptors (Lipinski definition) is 6. The molecule has 6 nitrogen and oxygen atoms in total. The first-order valence-corrected chi connectivity index (χ1v) is 13.1. The molecule has 1 rings (SSSR count). The van der Waals surface area contributed by atoms with Gasteiger partial charge in [-0.05, 0) is 44.1 Å². The second-order valence-corrected chi connectivity index (χ2v) is 12.5.